The van der Waals surface area contributed by atoms with Gasteiger partial charge in [-0.25, -0.2) is 14.1 Å². The molecule has 2 aliphatic rings. The first kappa shape index (κ1) is 22.3. The number of carbonyl (C=O) groups excluding carboxylic acids is 1. The van der Waals surface area contributed by atoms with E-state index in [1.807, 2.05) is 34.9 Å². The number of aromatic nitrogens is 3. The van der Waals surface area contributed by atoms with E-state index in [2.05, 4.69) is 15.1 Å². The number of aliphatic imine (C=N–C) groups is 1. The monoisotopic (exact) mass is 482 g/mol. The lowest BCUT2D eigenvalue weighted by Crippen LogP contribution is -2.55. The topological polar surface area (TPSA) is 75.8 Å². The first-order chi connectivity index (χ1) is 16.5. The number of fused-ring (bicyclic) bond motifs is 1. The maximum Gasteiger partial charge on any atom is 0.244 e. The Hall–Kier alpha value is -3.46. The van der Waals surface area contributed by atoms with Crippen LogP contribution < -0.4 is 9.64 Å². The molecule has 0 N–H and O–H groups in total. The van der Waals surface area contributed by atoms with Gasteiger partial charge in [-0.3, -0.25) is 9.79 Å². The number of pyridine rings is 1. The summed E-state index contributed by atoms with van der Waals surface area (Å²) in [5, 5.41) is 5.79. The van der Waals surface area contributed by atoms with E-state index in [-0.39, 0.29) is 23.5 Å². The van der Waals surface area contributed by atoms with Crippen LogP contribution in [0, 0.1) is 5.82 Å². The van der Waals surface area contributed by atoms with Gasteiger partial charge in [-0.15, -0.1) is 0 Å². The van der Waals surface area contributed by atoms with Crippen LogP contribution in [0.3, 0.4) is 0 Å². The molecule has 1 amide bonds. The molecule has 5 rings (SSSR count). The molecule has 1 aromatic carbocycles. The van der Waals surface area contributed by atoms with Gasteiger partial charge in [0.1, 0.15) is 23.8 Å². The van der Waals surface area contributed by atoms with E-state index in [4.69, 9.17) is 16.3 Å². The van der Waals surface area contributed by atoms with Crippen molar-refractivity contribution in [3.8, 4) is 5.75 Å². The highest BCUT2D eigenvalue weighted by Crippen LogP contribution is 2.33. The van der Waals surface area contributed by atoms with Crippen molar-refractivity contribution in [2.24, 2.45) is 4.99 Å². The number of piperazine rings is 1. The van der Waals surface area contributed by atoms with Crippen molar-refractivity contribution >= 4 is 39.9 Å². The summed E-state index contributed by atoms with van der Waals surface area (Å²) in [5.41, 5.74) is 2.69. The number of rotatable bonds is 5. The predicted octanol–water partition coefficient (Wildman–Crippen LogP) is 3.68. The first-order valence-electron chi connectivity index (χ1n) is 11.1. The fourth-order valence-electron chi connectivity index (χ4n) is 4.53. The van der Waals surface area contributed by atoms with E-state index >= 15 is 0 Å². The molecule has 4 heterocycles. The number of anilines is 1. The molecule has 0 saturated carbocycles. The Bertz CT molecular complexity index is 1320. The summed E-state index contributed by atoms with van der Waals surface area (Å²) in [6, 6.07) is 6.54. The van der Waals surface area contributed by atoms with Gasteiger partial charge in [0, 0.05) is 55.9 Å². The molecule has 2 aliphatic heterocycles. The van der Waals surface area contributed by atoms with Crippen LogP contribution in [-0.2, 0) is 11.3 Å². The second-order valence-electron chi connectivity index (χ2n) is 8.37. The van der Waals surface area contributed by atoms with Gasteiger partial charge in [0.05, 0.1) is 23.5 Å². The van der Waals surface area contributed by atoms with E-state index in [0.29, 0.717) is 43.1 Å². The van der Waals surface area contributed by atoms with Crippen LogP contribution in [0.25, 0.3) is 11.0 Å². The Morgan fingerprint density at radius 3 is 2.91 bits per heavy atom. The van der Waals surface area contributed by atoms with Gasteiger partial charge in [-0.1, -0.05) is 17.7 Å². The number of carbonyl (C=O) groups is 1. The van der Waals surface area contributed by atoms with Crippen molar-refractivity contribution in [2.45, 2.75) is 25.9 Å². The molecule has 0 spiro atoms. The standard InChI is InChI=1S/C24H24ClFN6O2/c1-15-13-30(20-12-21(34-2)17(25)11-18(20)26)9-10-31(15)22(33)14-32-24-16(5-3-8-28-24)23(29-32)19-6-4-7-27-19/h3-5,7-8,11-12,15H,6,9-10,13-14H2,1-2H3/t15-/m0/s1. The van der Waals surface area contributed by atoms with Gasteiger partial charge in [0.25, 0.3) is 0 Å². The van der Waals surface area contributed by atoms with E-state index in [1.54, 1.807) is 23.1 Å². The number of nitrogens with zero attached hydrogens (tertiary/aromatic N) is 6. The zero-order chi connectivity index (χ0) is 23.8. The zero-order valence-corrected chi connectivity index (χ0v) is 19.7. The first-order valence-corrected chi connectivity index (χ1v) is 11.4. The summed E-state index contributed by atoms with van der Waals surface area (Å²) in [7, 11) is 1.50. The number of allylic oxidation sites excluding steroid dienone is 1. The minimum Gasteiger partial charge on any atom is -0.495 e. The number of methoxy groups -OCH3 is 1. The molecule has 3 aromatic rings. The highest BCUT2D eigenvalue weighted by atomic mass is 35.5. The van der Waals surface area contributed by atoms with Crippen molar-refractivity contribution in [1.82, 2.24) is 19.7 Å². The van der Waals surface area contributed by atoms with Gasteiger partial charge in [0.15, 0.2) is 5.65 Å². The minimum atomic E-state index is -0.413. The number of hydrogen-bond acceptors (Lipinski definition) is 6. The van der Waals surface area contributed by atoms with Crippen molar-refractivity contribution in [2.75, 3.05) is 31.6 Å². The van der Waals surface area contributed by atoms with Crippen molar-refractivity contribution in [3.05, 3.63) is 59.3 Å². The SMILES string of the molecule is COc1cc(N2CCN(C(=O)Cn3nc(C4=NC=CC4)c4cccnc43)[C@@H](C)C2)c(F)cc1Cl. The summed E-state index contributed by atoms with van der Waals surface area (Å²) in [6.07, 6.45) is 6.14. The second kappa shape index (κ2) is 9.06. The Morgan fingerprint density at radius 1 is 1.32 bits per heavy atom. The quantitative estimate of drug-likeness (QED) is 0.554. The fraction of sp³-hybridized carbons (Fsp3) is 0.333. The highest BCUT2D eigenvalue weighted by Gasteiger charge is 2.30. The molecule has 1 atom stereocenters. The number of halogens is 2. The van der Waals surface area contributed by atoms with Crippen molar-refractivity contribution in [1.29, 1.82) is 0 Å². The van der Waals surface area contributed by atoms with E-state index in [9.17, 15) is 9.18 Å². The lowest BCUT2D eigenvalue weighted by atomic mass is 10.1. The third-order valence-corrected chi connectivity index (χ3v) is 6.52. The van der Waals surface area contributed by atoms with Crippen molar-refractivity contribution < 1.29 is 13.9 Å². The smallest absolute Gasteiger partial charge is 0.244 e. The molecule has 1 saturated heterocycles. The van der Waals surface area contributed by atoms with Crippen LogP contribution in [0.2, 0.25) is 5.02 Å². The Morgan fingerprint density at radius 2 is 2.18 bits per heavy atom. The molecule has 2 aromatic heterocycles. The number of hydrogen-bond donors (Lipinski definition) is 0. The van der Waals surface area contributed by atoms with E-state index < -0.39 is 5.82 Å². The summed E-state index contributed by atoms with van der Waals surface area (Å²) in [6.45, 7) is 3.46. The maximum absolute atomic E-state index is 14.6. The minimum absolute atomic E-state index is 0.0607. The van der Waals surface area contributed by atoms with Crippen LogP contribution in [0.5, 0.6) is 5.75 Å². The van der Waals surface area contributed by atoms with Gasteiger partial charge < -0.3 is 14.5 Å². The third kappa shape index (κ3) is 4.00. The Labute approximate surface area is 201 Å². The molecule has 0 unspecified atom stereocenters. The summed E-state index contributed by atoms with van der Waals surface area (Å²) >= 11 is 6.04. The van der Waals surface area contributed by atoms with Gasteiger partial charge in [-0.05, 0) is 25.1 Å². The summed E-state index contributed by atoms with van der Waals surface area (Å²) < 4.78 is 21.5. The average molecular weight is 483 g/mol. The third-order valence-electron chi connectivity index (χ3n) is 6.22. The zero-order valence-electron chi connectivity index (χ0n) is 18.9. The van der Waals surface area contributed by atoms with E-state index in [0.717, 1.165) is 16.8 Å². The molecule has 0 aliphatic carbocycles. The predicted molar refractivity (Wildman–Crippen MR) is 129 cm³/mol. The largest absolute Gasteiger partial charge is 0.495 e. The lowest BCUT2D eigenvalue weighted by molar-refractivity contribution is -0.134. The molecule has 1 fully saturated rings. The van der Waals surface area contributed by atoms with Crippen LogP contribution in [-0.4, -0.2) is 64.1 Å². The molecular formula is C24H24ClFN6O2. The van der Waals surface area contributed by atoms with Gasteiger partial charge in [0.2, 0.25) is 5.91 Å². The summed E-state index contributed by atoms with van der Waals surface area (Å²) in [4.78, 5) is 25.9. The van der Waals surface area contributed by atoms with Crippen LogP contribution in [0.4, 0.5) is 10.1 Å². The number of benzene rings is 1. The van der Waals surface area contributed by atoms with Gasteiger partial charge >= 0.3 is 0 Å². The Kier molecular flexibility index (Phi) is 5.95. The normalized spacial score (nSPS) is 18.0. The fourth-order valence-corrected chi connectivity index (χ4v) is 4.76. The summed E-state index contributed by atoms with van der Waals surface area (Å²) in [5.74, 6) is -0.0572. The second-order valence-corrected chi connectivity index (χ2v) is 8.77. The number of amides is 1. The van der Waals surface area contributed by atoms with Crippen molar-refractivity contribution in [3.63, 3.8) is 0 Å². The van der Waals surface area contributed by atoms with Crippen LogP contribution in [0.15, 0.2) is 47.7 Å². The highest BCUT2D eigenvalue weighted by molar-refractivity contribution is 6.32. The van der Waals surface area contributed by atoms with Crippen LogP contribution in [0.1, 0.15) is 19.0 Å². The Balaban J connectivity index is 1.33. The van der Waals surface area contributed by atoms with Gasteiger partial charge in [-0.2, -0.15) is 5.10 Å². The molecule has 176 valence electrons. The lowest BCUT2D eigenvalue weighted by Gasteiger charge is -2.41. The molecule has 0 radical (unpaired) electrons. The molecule has 34 heavy (non-hydrogen) atoms. The van der Waals surface area contributed by atoms with E-state index in [1.165, 1.54) is 13.2 Å². The average Bonchev–Trinajstić information content (AvgIpc) is 3.48. The number of ether oxygens (including phenoxy) is 1. The molecular weight excluding hydrogens is 459 g/mol. The molecule has 10 heteroatoms. The maximum atomic E-state index is 14.6. The molecule has 8 nitrogen and oxygen atoms in total. The molecule has 0 bridgehead atoms. The van der Waals surface area contributed by atoms with Crippen LogP contribution >= 0.6 is 11.6 Å².